The van der Waals surface area contributed by atoms with Crippen molar-refractivity contribution in [3.8, 4) is 0 Å². The van der Waals surface area contributed by atoms with Gasteiger partial charge < -0.3 is 9.47 Å². The van der Waals surface area contributed by atoms with E-state index >= 15 is 0 Å². The van der Waals surface area contributed by atoms with E-state index in [2.05, 4.69) is 91.9 Å². The van der Waals surface area contributed by atoms with Crippen molar-refractivity contribution in [2.45, 2.75) is 31.7 Å². The molecule has 0 aliphatic heterocycles. The van der Waals surface area contributed by atoms with Gasteiger partial charge in [0, 0.05) is 0 Å². The molecule has 0 amide bonds. The Morgan fingerprint density at radius 3 is 1.44 bits per heavy atom. The second-order valence-electron chi connectivity index (χ2n) is 8.02. The third-order valence-electron chi connectivity index (χ3n) is 5.76. The molecule has 0 radical (unpaired) electrons. The maximum Gasteiger partial charge on any atom is 0.143 e. The normalized spacial score (nSPS) is 12.4. The number of ether oxygens (including phenoxy) is 2. The second kappa shape index (κ2) is 10.9. The van der Waals surface area contributed by atoms with E-state index in [-0.39, 0.29) is 6.10 Å². The minimum Gasteiger partial charge on any atom is -0.374 e. The van der Waals surface area contributed by atoms with Crippen LogP contribution in [0.25, 0.3) is 0 Å². The van der Waals surface area contributed by atoms with Gasteiger partial charge in [0.05, 0.1) is 19.3 Å². The Morgan fingerprint density at radius 2 is 1.00 bits per heavy atom. The van der Waals surface area contributed by atoms with Crippen LogP contribution in [0.4, 0.5) is 0 Å². The lowest BCUT2D eigenvalue weighted by atomic mass is 9.80. The molecule has 0 N–H and O–H groups in total. The highest BCUT2D eigenvalue weighted by Gasteiger charge is 2.37. The standard InChI is InChI=1S/C30H30O2/c1-25(31-24-26-14-6-2-7-15-26)22-23-32-30(27-16-8-3-9-17-27,28-18-10-4-11-19-28)29-20-12-5-13-21-29/h2-21,25H,22-24H2,1H3. The van der Waals surface area contributed by atoms with Crippen LogP contribution in [0.5, 0.6) is 0 Å². The average Bonchev–Trinajstić information content (AvgIpc) is 2.88. The molecule has 32 heavy (non-hydrogen) atoms. The number of rotatable bonds is 10. The Morgan fingerprint density at radius 1 is 0.594 bits per heavy atom. The van der Waals surface area contributed by atoms with Gasteiger partial charge in [0.15, 0.2) is 0 Å². The fraction of sp³-hybridized carbons (Fsp3) is 0.200. The Labute approximate surface area is 191 Å². The molecule has 0 heterocycles. The van der Waals surface area contributed by atoms with E-state index in [0.717, 1.165) is 23.1 Å². The lowest BCUT2D eigenvalue weighted by molar-refractivity contribution is -0.0222. The molecule has 4 aromatic carbocycles. The first-order chi connectivity index (χ1) is 15.8. The van der Waals surface area contributed by atoms with Crippen LogP contribution < -0.4 is 0 Å². The summed E-state index contributed by atoms with van der Waals surface area (Å²) in [5, 5.41) is 0. The fourth-order valence-electron chi connectivity index (χ4n) is 4.04. The zero-order valence-electron chi connectivity index (χ0n) is 18.6. The SMILES string of the molecule is CC(CCOC(c1ccccc1)(c1ccccc1)c1ccccc1)OCc1ccccc1. The summed E-state index contributed by atoms with van der Waals surface area (Å²) in [6.07, 6.45) is 0.899. The van der Waals surface area contributed by atoms with E-state index in [1.807, 2.05) is 36.4 Å². The van der Waals surface area contributed by atoms with E-state index in [9.17, 15) is 0 Å². The van der Waals surface area contributed by atoms with Crippen LogP contribution in [0.15, 0.2) is 121 Å². The molecule has 4 aromatic rings. The Hall–Kier alpha value is -3.20. The molecular formula is C30H30O2. The molecule has 0 aliphatic rings. The van der Waals surface area contributed by atoms with Crippen molar-refractivity contribution in [2.24, 2.45) is 0 Å². The van der Waals surface area contributed by atoms with E-state index in [0.29, 0.717) is 13.2 Å². The van der Waals surface area contributed by atoms with Gasteiger partial charge in [0.1, 0.15) is 5.60 Å². The molecule has 4 rings (SSSR count). The monoisotopic (exact) mass is 422 g/mol. The first-order valence-corrected chi connectivity index (χ1v) is 11.2. The third-order valence-corrected chi connectivity index (χ3v) is 5.76. The Kier molecular flexibility index (Phi) is 7.50. The maximum absolute atomic E-state index is 6.83. The van der Waals surface area contributed by atoms with Gasteiger partial charge in [0.25, 0.3) is 0 Å². The van der Waals surface area contributed by atoms with Crippen molar-refractivity contribution in [1.29, 1.82) is 0 Å². The van der Waals surface area contributed by atoms with E-state index in [1.54, 1.807) is 0 Å². The van der Waals surface area contributed by atoms with Gasteiger partial charge >= 0.3 is 0 Å². The third kappa shape index (κ3) is 5.16. The van der Waals surface area contributed by atoms with Gasteiger partial charge in [-0.1, -0.05) is 121 Å². The minimum absolute atomic E-state index is 0.0928. The van der Waals surface area contributed by atoms with Crippen molar-refractivity contribution in [3.05, 3.63) is 144 Å². The quantitative estimate of drug-likeness (QED) is 0.256. The molecule has 1 unspecified atom stereocenters. The molecule has 162 valence electrons. The molecule has 0 fully saturated rings. The minimum atomic E-state index is -0.678. The van der Waals surface area contributed by atoms with Gasteiger partial charge in [-0.15, -0.1) is 0 Å². The van der Waals surface area contributed by atoms with Crippen LogP contribution >= 0.6 is 0 Å². The predicted octanol–water partition coefficient (Wildman–Crippen LogP) is 6.99. The zero-order valence-corrected chi connectivity index (χ0v) is 18.6. The van der Waals surface area contributed by atoms with Crippen molar-refractivity contribution >= 4 is 0 Å². The van der Waals surface area contributed by atoms with Crippen LogP contribution in [0.3, 0.4) is 0 Å². The lowest BCUT2D eigenvalue weighted by Crippen LogP contribution is -2.34. The van der Waals surface area contributed by atoms with Crippen molar-refractivity contribution < 1.29 is 9.47 Å². The first-order valence-electron chi connectivity index (χ1n) is 11.2. The van der Waals surface area contributed by atoms with Crippen LogP contribution in [0, 0.1) is 0 Å². The number of benzene rings is 4. The molecule has 0 bridgehead atoms. The van der Waals surface area contributed by atoms with E-state index < -0.39 is 5.60 Å². The average molecular weight is 423 g/mol. The molecule has 0 spiro atoms. The van der Waals surface area contributed by atoms with Crippen molar-refractivity contribution in [1.82, 2.24) is 0 Å². The summed E-state index contributed by atoms with van der Waals surface area (Å²) in [4.78, 5) is 0. The molecule has 0 saturated heterocycles. The highest BCUT2D eigenvalue weighted by atomic mass is 16.5. The van der Waals surface area contributed by atoms with Crippen LogP contribution in [0.1, 0.15) is 35.6 Å². The summed E-state index contributed by atoms with van der Waals surface area (Å²) < 4.78 is 12.9. The Bertz CT molecular complexity index is 950. The molecular weight excluding hydrogens is 392 g/mol. The van der Waals surface area contributed by atoms with Crippen molar-refractivity contribution in [3.63, 3.8) is 0 Å². The van der Waals surface area contributed by atoms with Crippen molar-refractivity contribution in [2.75, 3.05) is 6.61 Å². The van der Waals surface area contributed by atoms with Crippen LogP contribution in [0.2, 0.25) is 0 Å². The molecule has 2 nitrogen and oxygen atoms in total. The molecule has 1 atom stereocenters. The molecule has 2 heteroatoms. The highest BCUT2D eigenvalue weighted by Crippen LogP contribution is 2.40. The molecule has 0 saturated carbocycles. The summed E-state index contributed by atoms with van der Waals surface area (Å²) in [5.41, 5.74) is 3.87. The topological polar surface area (TPSA) is 18.5 Å². The largest absolute Gasteiger partial charge is 0.374 e. The van der Waals surface area contributed by atoms with Crippen LogP contribution in [-0.2, 0) is 21.7 Å². The summed E-state index contributed by atoms with van der Waals surface area (Å²) in [5.74, 6) is 0. The number of hydrogen-bond donors (Lipinski definition) is 0. The van der Waals surface area contributed by atoms with E-state index in [4.69, 9.17) is 9.47 Å². The summed E-state index contributed by atoms with van der Waals surface area (Å²) >= 11 is 0. The highest BCUT2D eigenvalue weighted by molar-refractivity contribution is 5.47. The summed E-state index contributed by atoms with van der Waals surface area (Å²) in [7, 11) is 0. The fourth-order valence-corrected chi connectivity index (χ4v) is 4.04. The Balaban J connectivity index is 1.57. The van der Waals surface area contributed by atoms with Crippen LogP contribution in [-0.4, -0.2) is 12.7 Å². The van der Waals surface area contributed by atoms with Gasteiger partial charge in [-0.05, 0) is 35.6 Å². The first kappa shape index (κ1) is 22.0. The molecule has 0 aliphatic carbocycles. The zero-order chi connectivity index (χ0) is 22.1. The molecule has 0 aromatic heterocycles. The maximum atomic E-state index is 6.83. The summed E-state index contributed by atoms with van der Waals surface area (Å²) in [6, 6.07) is 41.8. The summed E-state index contributed by atoms with van der Waals surface area (Å²) in [6.45, 7) is 3.30. The second-order valence-corrected chi connectivity index (χ2v) is 8.02. The smallest absolute Gasteiger partial charge is 0.143 e. The number of hydrogen-bond acceptors (Lipinski definition) is 2. The van der Waals surface area contributed by atoms with Gasteiger partial charge in [0.2, 0.25) is 0 Å². The van der Waals surface area contributed by atoms with Gasteiger partial charge in [-0.25, -0.2) is 0 Å². The predicted molar refractivity (Wildman–Crippen MR) is 130 cm³/mol. The lowest BCUT2D eigenvalue weighted by Gasteiger charge is -2.36. The van der Waals surface area contributed by atoms with Gasteiger partial charge in [-0.2, -0.15) is 0 Å². The van der Waals surface area contributed by atoms with E-state index in [1.165, 1.54) is 5.56 Å². The van der Waals surface area contributed by atoms with Gasteiger partial charge in [-0.3, -0.25) is 0 Å².